The van der Waals surface area contributed by atoms with Crippen molar-refractivity contribution in [1.29, 1.82) is 0 Å². The van der Waals surface area contributed by atoms with Crippen LogP contribution in [-0.4, -0.2) is 39.7 Å². The number of likely N-dealkylation sites (tertiary alicyclic amines) is 1. The van der Waals surface area contributed by atoms with E-state index < -0.39 is 0 Å². The van der Waals surface area contributed by atoms with Gasteiger partial charge in [-0.3, -0.25) is 4.79 Å². The Hall–Kier alpha value is -1.55. The second-order valence-electron chi connectivity index (χ2n) is 5.31. The van der Waals surface area contributed by atoms with E-state index in [1.807, 2.05) is 4.90 Å². The van der Waals surface area contributed by atoms with Gasteiger partial charge in [-0.05, 0) is 43.9 Å². The number of carbonyl (C=O) groups excluding carboxylic acids is 1. The standard InChI is InChI=1S/C15H21NO3/c1-11(17)9-13-3-2-8-16(13)15(19)10-12-4-6-14(18)7-5-12/h4-7,11,13,17-18H,2-3,8-10H2,1H3. The average molecular weight is 263 g/mol. The van der Waals surface area contributed by atoms with Crippen LogP contribution in [-0.2, 0) is 11.2 Å². The first-order valence-electron chi connectivity index (χ1n) is 6.81. The first-order valence-corrected chi connectivity index (χ1v) is 6.81. The summed E-state index contributed by atoms with van der Waals surface area (Å²) in [7, 11) is 0. The predicted octanol–water partition coefficient (Wildman–Crippen LogP) is 1.70. The minimum Gasteiger partial charge on any atom is -0.508 e. The average Bonchev–Trinajstić information content (AvgIpc) is 2.79. The van der Waals surface area contributed by atoms with Crippen LogP contribution in [0.1, 0.15) is 31.7 Å². The second-order valence-corrected chi connectivity index (χ2v) is 5.31. The summed E-state index contributed by atoms with van der Waals surface area (Å²) in [5, 5.41) is 18.7. The zero-order valence-corrected chi connectivity index (χ0v) is 11.2. The van der Waals surface area contributed by atoms with E-state index >= 15 is 0 Å². The second kappa shape index (κ2) is 6.06. The predicted molar refractivity (Wildman–Crippen MR) is 72.8 cm³/mol. The van der Waals surface area contributed by atoms with Gasteiger partial charge >= 0.3 is 0 Å². The number of carbonyl (C=O) groups is 1. The molecule has 0 radical (unpaired) electrons. The summed E-state index contributed by atoms with van der Waals surface area (Å²) in [5.41, 5.74) is 0.908. The smallest absolute Gasteiger partial charge is 0.227 e. The number of nitrogens with zero attached hydrogens (tertiary/aromatic N) is 1. The lowest BCUT2D eigenvalue weighted by molar-refractivity contribution is -0.131. The van der Waals surface area contributed by atoms with Crippen LogP contribution in [0.15, 0.2) is 24.3 Å². The van der Waals surface area contributed by atoms with Gasteiger partial charge in [0.05, 0.1) is 12.5 Å². The van der Waals surface area contributed by atoms with Crippen LogP contribution in [0.3, 0.4) is 0 Å². The molecule has 1 aliphatic rings. The van der Waals surface area contributed by atoms with Crippen LogP contribution < -0.4 is 0 Å². The maximum Gasteiger partial charge on any atom is 0.227 e. The molecular formula is C15H21NO3. The van der Waals surface area contributed by atoms with Gasteiger partial charge in [-0.2, -0.15) is 0 Å². The summed E-state index contributed by atoms with van der Waals surface area (Å²) in [6, 6.07) is 6.91. The molecule has 2 rings (SSSR count). The molecule has 1 heterocycles. The van der Waals surface area contributed by atoms with Crippen LogP contribution in [0.5, 0.6) is 5.75 Å². The fraction of sp³-hybridized carbons (Fsp3) is 0.533. The van der Waals surface area contributed by atoms with Gasteiger partial charge in [0.2, 0.25) is 5.91 Å². The van der Waals surface area contributed by atoms with Gasteiger partial charge in [0, 0.05) is 12.6 Å². The quantitative estimate of drug-likeness (QED) is 0.869. The van der Waals surface area contributed by atoms with E-state index in [0.717, 1.165) is 24.9 Å². The van der Waals surface area contributed by atoms with E-state index in [2.05, 4.69) is 0 Å². The molecule has 0 aromatic heterocycles. The molecule has 2 unspecified atom stereocenters. The van der Waals surface area contributed by atoms with Crippen molar-refractivity contribution in [1.82, 2.24) is 4.90 Å². The Morgan fingerprint density at radius 3 is 2.74 bits per heavy atom. The lowest BCUT2D eigenvalue weighted by atomic mass is 10.1. The first-order chi connectivity index (χ1) is 9.06. The maximum atomic E-state index is 12.3. The monoisotopic (exact) mass is 263 g/mol. The maximum absolute atomic E-state index is 12.3. The molecule has 0 aliphatic carbocycles. The molecule has 1 fully saturated rings. The number of hydrogen-bond acceptors (Lipinski definition) is 3. The zero-order valence-electron chi connectivity index (χ0n) is 11.2. The van der Waals surface area contributed by atoms with Crippen molar-refractivity contribution in [2.75, 3.05) is 6.54 Å². The highest BCUT2D eigenvalue weighted by molar-refractivity contribution is 5.79. The number of aliphatic hydroxyl groups is 1. The van der Waals surface area contributed by atoms with Crippen LogP contribution >= 0.6 is 0 Å². The van der Waals surface area contributed by atoms with E-state index in [-0.39, 0.29) is 23.8 Å². The van der Waals surface area contributed by atoms with Crippen molar-refractivity contribution in [2.24, 2.45) is 0 Å². The topological polar surface area (TPSA) is 60.8 Å². The number of rotatable bonds is 4. The molecule has 1 saturated heterocycles. The molecule has 4 nitrogen and oxygen atoms in total. The fourth-order valence-electron chi connectivity index (χ4n) is 2.69. The van der Waals surface area contributed by atoms with Gasteiger partial charge in [-0.1, -0.05) is 12.1 Å². The molecule has 1 aliphatic heterocycles. The number of aliphatic hydroxyl groups excluding tert-OH is 1. The largest absolute Gasteiger partial charge is 0.508 e. The highest BCUT2D eigenvalue weighted by Crippen LogP contribution is 2.22. The van der Waals surface area contributed by atoms with Gasteiger partial charge in [-0.25, -0.2) is 0 Å². The van der Waals surface area contributed by atoms with Crippen molar-refractivity contribution >= 4 is 5.91 Å². The summed E-state index contributed by atoms with van der Waals surface area (Å²) >= 11 is 0. The molecule has 0 spiro atoms. The summed E-state index contributed by atoms with van der Waals surface area (Å²) < 4.78 is 0. The normalized spacial score (nSPS) is 20.5. The third kappa shape index (κ3) is 3.70. The van der Waals surface area contributed by atoms with E-state index in [4.69, 9.17) is 0 Å². The molecule has 1 aromatic rings. The van der Waals surface area contributed by atoms with Crippen molar-refractivity contribution in [3.63, 3.8) is 0 Å². The Balaban J connectivity index is 1.97. The van der Waals surface area contributed by atoms with Crippen molar-refractivity contribution in [3.8, 4) is 5.75 Å². The van der Waals surface area contributed by atoms with Crippen LogP contribution in [0, 0.1) is 0 Å². The number of hydrogen-bond donors (Lipinski definition) is 2. The SMILES string of the molecule is CC(O)CC1CCCN1C(=O)Cc1ccc(O)cc1. The van der Waals surface area contributed by atoms with Crippen LogP contribution in [0.4, 0.5) is 0 Å². The van der Waals surface area contributed by atoms with Gasteiger partial charge in [-0.15, -0.1) is 0 Å². The number of aromatic hydroxyl groups is 1. The molecule has 2 atom stereocenters. The highest BCUT2D eigenvalue weighted by Gasteiger charge is 2.29. The van der Waals surface area contributed by atoms with E-state index in [1.54, 1.807) is 31.2 Å². The minimum absolute atomic E-state index is 0.105. The van der Waals surface area contributed by atoms with Gasteiger partial charge in [0.15, 0.2) is 0 Å². The molecular weight excluding hydrogens is 242 g/mol. The molecule has 104 valence electrons. The van der Waals surface area contributed by atoms with E-state index in [9.17, 15) is 15.0 Å². The molecule has 19 heavy (non-hydrogen) atoms. The van der Waals surface area contributed by atoms with Gasteiger partial charge in [0.1, 0.15) is 5.75 Å². The summed E-state index contributed by atoms with van der Waals surface area (Å²) in [4.78, 5) is 14.2. The molecule has 4 heteroatoms. The lowest BCUT2D eigenvalue weighted by Crippen LogP contribution is -2.38. The van der Waals surface area contributed by atoms with Crippen molar-refractivity contribution in [2.45, 2.75) is 44.8 Å². The Labute approximate surface area is 113 Å². The molecule has 1 aromatic carbocycles. The zero-order chi connectivity index (χ0) is 13.8. The van der Waals surface area contributed by atoms with Crippen molar-refractivity contribution in [3.05, 3.63) is 29.8 Å². The van der Waals surface area contributed by atoms with Gasteiger partial charge < -0.3 is 15.1 Å². The molecule has 0 saturated carbocycles. The third-order valence-corrected chi connectivity index (χ3v) is 3.60. The number of phenolic OH excluding ortho intramolecular Hbond substituents is 1. The Bertz CT molecular complexity index is 428. The van der Waals surface area contributed by atoms with Crippen molar-refractivity contribution < 1.29 is 15.0 Å². The number of amides is 1. The van der Waals surface area contributed by atoms with Crippen LogP contribution in [0.2, 0.25) is 0 Å². The fourth-order valence-corrected chi connectivity index (χ4v) is 2.69. The summed E-state index contributed by atoms with van der Waals surface area (Å²) in [6.45, 7) is 2.55. The van der Waals surface area contributed by atoms with Crippen LogP contribution in [0.25, 0.3) is 0 Å². The Morgan fingerprint density at radius 1 is 1.42 bits per heavy atom. The molecule has 2 N–H and O–H groups in total. The lowest BCUT2D eigenvalue weighted by Gasteiger charge is -2.25. The first kappa shape index (κ1) is 13.9. The summed E-state index contributed by atoms with van der Waals surface area (Å²) in [5.74, 6) is 0.318. The highest BCUT2D eigenvalue weighted by atomic mass is 16.3. The summed E-state index contributed by atoms with van der Waals surface area (Å²) in [6.07, 6.45) is 2.63. The number of phenols is 1. The molecule has 0 bridgehead atoms. The van der Waals surface area contributed by atoms with E-state index in [0.29, 0.717) is 12.8 Å². The molecule has 1 amide bonds. The third-order valence-electron chi connectivity index (χ3n) is 3.60. The number of benzene rings is 1. The Kier molecular flexibility index (Phi) is 4.43. The Morgan fingerprint density at radius 2 is 2.11 bits per heavy atom. The minimum atomic E-state index is -0.368. The van der Waals surface area contributed by atoms with Gasteiger partial charge in [0.25, 0.3) is 0 Å². The van der Waals surface area contributed by atoms with E-state index in [1.165, 1.54) is 0 Å².